The summed E-state index contributed by atoms with van der Waals surface area (Å²) in [5.41, 5.74) is 4.27. The molecule has 0 aliphatic rings. The first kappa shape index (κ1) is 21.5. The zero-order chi connectivity index (χ0) is 23.8. The van der Waals surface area contributed by atoms with Gasteiger partial charge in [-0.3, -0.25) is 9.78 Å². The van der Waals surface area contributed by atoms with E-state index in [0.717, 1.165) is 38.4 Å². The van der Waals surface area contributed by atoms with E-state index in [4.69, 9.17) is 11.6 Å². The number of hydrogen-bond donors (Lipinski definition) is 2. The lowest BCUT2D eigenvalue weighted by Gasteiger charge is -2.13. The molecular weight excluding hydrogens is 482 g/mol. The molecule has 5 aromatic heterocycles. The van der Waals surface area contributed by atoms with Crippen molar-refractivity contribution in [3.05, 3.63) is 88.3 Å². The molecule has 6 rings (SSSR count). The van der Waals surface area contributed by atoms with E-state index in [0.29, 0.717) is 29.1 Å². The average molecular weight is 500 g/mol. The third kappa shape index (κ3) is 3.74. The number of rotatable bonds is 6. The van der Waals surface area contributed by atoms with E-state index in [1.807, 2.05) is 52.4 Å². The molecule has 0 radical (unpaired) electrons. The number of anilines is 1. The van der Waals surface area contributed by atoms with Crippen LogP contribution in [-0.2, 0) is 6.54 Å². The highest BCUT2D eigenvalue weighted by molar-refractivity contribution is 7.14. The van der Waals surface area contributed by atoms with Gasteiger partial charge in [-0.1, -0.05) is 29.8 Å². The second-order valence-corrected chi connectivity index (χ2v) is 9.13. The third-order valence-electron chi connectivity index (χ3n) is 5.80. The number of para-hydroxylation sites is 1. The van der Waals surface area contributed by atoms with Crippen LogP contribution < -0.4 is 10.9 Å². The van der Waals surface area contributed by atoms with E-state index in [9.17, 15) is 4.79 Å². The van der Waals surface area contributed by atoms with Crippen molar-refractivity contribution in [1.29, 1.82) is 0 Å². The van der Waals surface area contributed by atoms with E-state index in [1.165, 1.54) is 17.7 Å². The summed E-state index contributed by atoms with van der Waals surface area (Å²) in [5.74, 6) is 0.738. The Bertz CT molecular complexity index is 1720. The highest BCUT2D eigenvalue weighted by Gasteiger charge is 2.25. The van der Waals surface area contributed by atoms with E-state index in [2.05, 4.69) is 30.2 Å². The molecular formula is C25H18ClN7OS. The van der Waals surface area contributed by atoms with Crippen LogP contribution in [0.25, 0.3) is 43.6 Å². The molecule has 0 atom stereocenters. The van der Waals surface area contributed by atoms with Crippen molar-refractivity contribution in [3.8, 4) is 21.7 Å². The molecule has 1 aromatic carbocycles. The highest BCUT2D eigenvalue weighted by atomic mass is 35.5. The topological polar surface area (TPSA) is 101 Å². The van der Waals surface area contributed by atoms with Crippen LogP contribution in [0.2, 0.25) is 5.02 Å². The van der Waals surface area contributed by atoms with E-state index in [-0.39, 0.29) is 5.56 Å². The van der Waals surface area contributed by atoms with Gasteiger partial charge in [0, 0.05) is 42.0 Å². The lowest BCUT2D eigenvalue weighted by Crippen LogP contribution is -2.17. The molecule has 0 fully saturated rings. The van der Waals surface area contributed by atoms with Crippen molar-refractivity contribution in [2.45, 2.75) is 6.54 Å². The zero-order valence-corrected chi connectivity index (χ0v) is 19.8. The number of aromatic amines is 1. The first-order valence-electron chi connectivity index (χ1n) is 10.9. The van der Waals surface area contributed by atoms with Gasteiger partial charge in [-0.15, -0.1) is 11.3 Å². The van der Waals surface area contributed by atoms with Crippen molar-refractivity contribution >= 4 is 50.7 Å². The van der Waals surface area contributed by atoms with Gasteiger partial charge in [-0.25, -0.2) is 15.0 Å². The van der Waals surface area contributed by atoms with Crippen molar-refractivity contribution in [1.82, 2.24) is 29.5 Å². The Morgan fingerprint density at radius 1 is 1.09 bits per heavy atom. The van der Waals surface area contributed by atoms with Crippen molar-refractivity contribution in [2.75, 3.05) is 11.9 Å². The molecule has 6 aromatic rings. The van der Waals surface area contributed by atoms with E-state index in [1.54, 1.807) is 18.7 Å². The summed E-state index contributed by atoms with van der Waals surface area (Å²) < 4.78 is 1.98. The van der Waals surface area contributed by atoms with Gasteiger partial charge in [-0.2, -0.15) is 0 Å². The number of thiophene rings is 1. The Hall–Kier alpha value is -4.08. The van der Waals surface area contributed by atoms with Gasteiger partial charge in [0.15, 0.2) is 0 Å². The predicted octanol–water partition coefficient (Wildman–Crippen LogP) is 5.22. The number of pyridine rings is 1. The summed E-state index contributed by atoms with van der Waals surface area (Å²) in [5, 5.41) is 6.91. The first-order valence-corrected chi connectivity index (χ1v) is 12.2. The zero-order valence-electron chi connectivity index (χ0n) is 18.3. The molecule has 8 nitrogen and oxygen atoms in total. The monoisotopic (exact) mass is 499 g/mol. The number of benzene rings is 1. The minimum Gasteiger partial charge on any atom is -0.368 e. The molecule has 0 amide bonds. The van der Waals surface area contributed by atoms with Crippen LogP contribution >= 0.6 is 22.9 Å². The lowest BCUT2D eigenvalue weighted by molar-refractivity contribution is 0.759. The maximum atomic E-state index is 13.1. The number of aromatic nitrogens is 6. The van der Waals surface area contributed by atoms with Crippen LogP contribution in [0.4, 0.5) is 5.82 Å². The summed E-state index contributed by atoms with van der Waals surface area (Å²) in [6, 6.07) is 13.5. The Balaban J connectivity index is 1.50. The SMILES string of the molecule is O=c1[nH]cnc2c(-c3cccnc3)c(-c3sccc3Cl)n(CCNc3ncnc4ccccc34)c12. The fourth-order valence-corrected chi connectivity index (χ4v) is 5.53. The molecule has 0 unspecified atom stereocenters. The second kappa shape index (κ2) is 8.94. The summed E-state index contributed by atoms with van der Waals surface area (Å²) in [6.45, 7) is 0.995. The van der Waals surface area contributed by atoms with Gasteiger partial charge in [-0.05, 0) is 29.6 Å². The molecule has 0 spiro atoms. The Labute approximate surface area is 208 Å². The van der Waals surface area contributed by atoms with Crippen LogP contribution in [0.15, 0.2) is 77.7 Å². The molecule has 0 aliphatic heterocycles. The summed E-state index contributed by atoms with van der Waals surface area (Å²) in [6.07, 6.45) is 6.47. The van der Waals surface area contributed by atoms with Crippen LogP contribution in [0.1, 0.15) is 0 Å². The predicted molar refractivity (Wildman–Crippen MR) is 140 cm³/mol. The molecule has 172 valence electrons. The lowest BCUT2D eigenvalue weighted by atomic mass is 10.1. The molecule has 0 saturated heterocycles. The van der Waals surface area contributed by atoms with Crippen molar-refractivity contribution in [2.24, 2.45) is 0 Å². The smallest absolute Gasteiger partial charge is 0.275 e. The van der Waals surface area contributed by atoms with Crippen LogP contribution in [0.5, 0.6) is 0 Å². The average Bonchev–Trinajstić information content (AvgIpc) is 3.46. The normalized spacial score (nSPS) is 11.3. The molecule has 35 heavy (non-hydrogen) atoms. The molecule has 2 N–H and O–H groups in total. The standard InChI is InChI=1S/C25H18ClN7OS/c26-17-7-11-35-23(17)21-19(15-4-3-8-27-12-15)20-22(25(34)32-14-30-20)33(21)10-9-28-24-16-5-1-2-6-18(16)29-13-31-24/h1-8,11-14H,9-10H2,(H,28,29,31)(H,30,32,34). The van der Waals surface area contributed by atoms with Gasteiger partial charge in [0.25, 0.3) is 5.56 Å². The van der Waals surface area contributed by atoms with Crippen molar-refractivity contribution < 1.29 is 0 Å². The number of fused-ring (bicyclic) bond motifs is 2. The maximum Gasteiger partial charge on any atom is 0.275 e. The Morgan fingerprint density at radius 2 is 2.00 bits per heavy atom. The largest absolute Gasteiger partial charge is 0.368 e. The van der Waals surface area contributed by atoms with E-state index < -0.39 is 0 Å². The van der Waals surface area contributed by atoms with Crippen LogP contribution in [0, 0.1) is 0 Å². The summed E-state index contributed by atoms with van der Waals surface area (Å²) in [7, 11) is 0. The van der Waals surface area contributed by atoms with Gasteiger partial charge < -0.3 is 14.9 Å². The molecule has 0 aliphatic carbocycles. The first-order chi connectivity index (χ1) is 17.2. The fourth-order valence-electron chi connectivity index (χ4n) is 4.32. The number of nitrogens with zero attached hydrogens (tertiary/aromatic N) is 5. The Kier molecular flexibility index (Phi) is 5.48. The molecule has 0 saturated carbocycles. The van der Waals surface area contributed by atoms with Crippen molar-refractivity contribution in [3.63, 3.8) is 0 Å². The molecule has 0 bridgehead atoms. The molecule has 10 heteroatoms. The van der Waals surface area contributed by atoms with Gasteiger partial charge in [0.05, 0.1) is 27.4 Å². The fraction of sp³-hybridized carbons (Fsp3) is 0.0800. The van der Waals surface area contributed by atoms with E-state index >= 15 is 0 Å². The third-order valence-corrected chi connectivity index (χ3v) is 7.14. The number of hydrogen-bond acceptors (Lipinski definition) is 7. The van der Waals surface area contributed by atoms with Crippen LogP contribution in [-0.4, -0.2) is 36.0 Å². The maximum absolute atomic E-state index is 13.1. The number of halogens is 1. The summed E-state index contributed by atoms with van der Waals surface area (Å²) >= 11 is 8.14. The van der Waals surface area contributed by atoms with Gasteiger partial charge >= 0.3 is 0 Å². The number of H-pyrrole nitrogens is 1. The van der Waals surface area contributed by atoms with Crippen LogP contribution in [0.3, 0.4) is 0 Å². The second-order valence-electron chi connectivity index (χ2n) is 7.81. The van der Waals surface area contributed by atoms with Gasteiger partial charge in [0.2, 0.25) is 0 Å². The number of nitrogens with one attached hydrogen (secondary N) is 2. The highest BCUT2D eigenvalue weighted by Crippen LogP contribution is 2.43. The quantitative estimate of drug-likeness (QED) is 0.325. The minimum atomic E-state index is -0.216. The van der Waals surface area contributed by atoms with Gasteiger partial charge in [0.1, 0.15) is 23.2 Å². The Morgan fingerprint density at radius 3 is 2.83 bits per heavy atom. The minimum absolute atomic E-state index is 0.216. The molecule has 5 heterocycles. The summed E-state index contributed by atoms with van der Waals surface area (Å²) in [4.78, 5) is 34.3.